The molecule has 1 amide bonds. The number of hydrogen-bond acceptors (Lipinski definition) is 5. The summed E-state index contributed by atoms with van der Waals surface area (Å²) in [7, 11) is -0.852. The molecule has 0 saturated carbocycles. The lowest BCUT2D eigenvalue weighted by Crippen LogP contribution is -2.50. The average Bonchev–Trinajstić information content (AvgIpc) is 2.73. The van der Waals surface area contributed by atoms with Crippen molar-refractivity contribution in [3.63, 3.8) is 0 Å². The van der Waals surface area contributed by atoms with Gasteiger partial charge in [-0.15, -0.1) is 0 Å². The molecule has 1 aliphatic rings. The quantitative estimate of drug-likeness (QED) is 0.711. The van der Waals surface area contributed by atoms with Crippen LogP contribution in [0.15, 0.2) is 41.3 Å². The summed E-state index contributed by atoms with van der Waals surface area (Å²) in [5.41, 5.74) is 0.322. The molecule has 0 N–H and O–H groups in total. The Kier molecular flexibility index (Phi) is 6.30. The fraction of sp³-hybridized carbons (Fsp3) is 0.316. The normalized spacial score (nSPS) is 15.2. The third kappa shape index (κ3) is 4.31. The zero-order chi connectivity index (χ0) is 21.2. The van der Waals surface area contributed by atoms with Crippen LogP contribution in [-0.2, 0) is 10.0 Å². The van der Waals surface area contributed by atoms with Crippen LogP contribution in [0.2, 0.25) is 5.02 Å². The highest BCUT2D eigenvalue weighted by Gasteiger charge is 2.31. The number of sulfonamides is 1. The van der Waals surface area contributed by atoms with Crippen molar-refractivity contribution in [1.82, 2.24) is 9.21 Å². The van der Waals surface area contributed by atoms with Gasteiger partial charge in [-0.1, -0.05) is 11.6 Å². The molecule has 156 valence electrons. The van der Waals surface area contributed by atoms with Gasteiger partial charge in [-0.3, -0.25) is 4.79 Å². The van der Waals surface area contributed by atoms with E-state index in [2.05, 4.69) is 0 Å². The number of amides is 1. The summed E-state index contributed by atoms with van der Waals surface area (Å²) in [5.74, 6) is -0.124. The monoisotopic (exact) mass is 442 g/mol. The lowest BCUT2D eigenvalue weighted by Gasteiger charge is -2.34. The van der Waals surface area contributed by atoms with E-state index in [9.17, 15) is 17.6 Å². The van der Waals surface area contributed by atoms with Crippen LogP contribution >= 0.6 is 11.6 Å². The Balaban J connectivity index is 1.73. The standard InChI is InChI=1S/C19H20ClFN2O5S/c1-27-17-12-13(11-16(20)18(17)28-2)19(24)22-7-9-23(10-8-22)29(25,26)15-5-3-14(21)4-6-15/h3-6,11-12H,7-10H2,1-2H3. The molecule has 3 rings (SSSR count). The summed E-state index contributed by atoms with van der Waals surface area (Å²) in [6.45, 7) is 0.690. The maximum atomic E-state index is 13.1. The first kappa shape index (κ1) is 21.4. The van der Waals surface area contributed by atoms with Crippen molar-refractivity contribution < 1.29 is 27.1 Å². The van der Waals surface area contributed by atoms with Crippen LogP contribution in [0, 0.1) is 5.82 Å². The molecular formula is C19H20ClFN2O5S. The Labute approximate surface area is 173 Å². The second-order valence-electron chi connectivity index (χ2n) is 6.34. The van der Waals surface area contributed by atoms with Crippen molar-refractivity contribution in [2.45, 2.75) is 4.90 Å². The van der Waals surface area contributed by atoms with Crippen molar-refractivity contribution in [3.05, 3.63) is 52.8 Å². The molecule has 7 nitrogen and oxygen atoms in total. The summed E-state index contributed by atoms with van der Waals surface area (Å²) >= 11 is 6.17. The zero-order valence-corrected chi connectivity index (χ0v) is 17.5. The van der Waals surface area contributed by atoms with Crippen LogP contribution in [-0.4, -0.2) is 63.9 Å². The Bertz CT molecular complexity index is 1010. The highest BCUT2D eigenvalue weighted by atomic mass is 35.5. The van der Waals surface area contributed by atoms with Crippen LogP contribution in [0.5, 0.6) is 11.5 Å². The van der Waals surface area contributed by atoms with Gasteiger partial charge in [0.15, 0.2) is 11.5 Å². The smallest absolute Gasteiger partial charge is 0.254 e. The molecule has 0 bridgehead atoms. The van der Waals surface area contributed by atoms with Crippen molar-refractivity contribution in [1.29, 1.82) is 0 Å². The molecule has 1 heterocycles. The molecule has 2 aromatic rings. The maximum Gasteiger partial charge on any atom is 0.254 e. The van der Waals surface area contributed by atoms with E-state index in [4.69, 9.17) is 21.1 Å². The Morgan fingerprint density at radius 2 is 1.66 bits per heavy atom. The van der Waals surface area contributed by atoms with E-state index in [1.165, 1.54) is 42.8 Å². The first-order chi connectivity index (χ1) is 13.8. The second-order valence-corrected chi connectivity index (χ2v) is 8.69. The zero-order valence-electron chi connectivity index (χ0n) is 15.9. The van der Waals surface area contributed by atoms with E-state index in [0.717, 1.165) is 12.1 Å². The first-order valence-corrected chi connectivity index (χ1v) is 10.6. The predicted octanol–water partition coefficient (Wildman–Crippen LogP) is 2.64. The lowest BCUT2D eigenvalue weighted by atomic mass is 10.1. The third-order valence-electron chi connectivity index (χ3n) is 4.66. The van der Waals surface area contributed by atoms with Gasteiger partial charge in [0.25, 0.3) is 5.91 Å². The van der Waals surface area contributed by atoms with E-state index in [0.29, 0.717) is 17.1 Å². The molecule has 29 heavy (non-hydrogen) atoms. The Hall–Kier alpha value is -2.36. The largest absolute Gasteiger partial charge is 0.493 e. The molecule has 1 fully saturated rings. The van der Waals surface area contributed by atoms with Crippen LogP contribution in [0.1, 0.15) is 10.4 Å². The fourth-order valence-electron chi connectivity index (χ4n) is 3.11. The molecule has 0 aromatic heterocycles. The lowest BCUT2D eigenvalue weighted by molar-refractivity contribution is 0.0697. The van der Waals surface area contributed by atoms with Gasteiger partial charge >= 0.3 is 0 Å². The van der Waals surface area contributed by atoms with E-state index in [1.54, 1.807) is 4.90 Å². The average molecular weight is 443 g/mol. The van der Waals surface area contributed by atoms with Crippen LogP contribution in [0.25, 0.3) is 0 Å². The van der Waals surface area contributed by atoms with Crippen molar-refractivity contribution in [2.75, 3.05) is 40.4 Å². The minimum atomic E-state index is -3.75. The molecule has 0 unspecified atom stereocenters. The van der Waals surface area contributed by atoms with Gasteiger partial charge < -0.3 is 14.4 Å². The van der Waals surface area contributed by atoms with Gasteiger partial charge in [0.2, 0.25) is 10.0 Å². The van der Waals surface area contributed by atoms with Crippen LogP contribution in [0.3, 0.4) is 0 Å². The van der Waals surface area contributed by atoms with Crippen molar-refractivity contribution >= 4 is 27.5 Å². The number of rotatable bonds is 5. The molecule has 0 spiro atoms. The number of methoxy groups -OCH3 is 2. The molecule has 1 saturated heterocycles. The number of carbonyl (C=O) groups is 1. The van der Waals surface area contributed by atoms with Crippen molar-refractivity contribution in [2.24, 2.45) is 0 Å². The number of hydrogen-bond donors (Lipinski definition) is 0. The molecule has 0 atom stereocenters. The molecule has 1 aliphatic heterocycles. The predicted molar refractivity (Wildman–Crippen MR) is 106 cm³/mol. The molecule has 0 radical (unpaired) electrons. The van der Waals surface area contributed by atoms with Crippen LogP contribution < -0.4 is 9.47 Å². The van der Waals surface area contributed by atoms with Gasteiger partial charge in [0.05, 0.1) is 24.1 Å². The van der Waals surface area contributed by atoms with Crippen molar-refractivity contribution in [3.8, 4) is 11.5 Å². The van der Waals surface area contributed by atoms with E-state index in [1.807, 2.05) is 0 Å². The SMILES string of the molecule is COc1cc(C(=O)N2CCN(S(=O)(=O)c3ccc(F)cc3)CC2)cc(Cl)c1OC. The van der Waals surface area contributed by atoms with Gasteiger partial charge in [-0.25, -0.2) is 12.8 Å². The second kappa shape index (κ2) is 8.56. The van der Waals surface area contributed by atoms with Gasteiger partial charge in [0, 0.05) is 31.7 Å². The molecule has 2 aromatic carbocycles. The first-order valence-electron chi connectivity index (χ1n) is 8.74. The topological polar surface area (TPSA) is 76.2 Å². The summed E-state index contributed by atoms with van der Waals surface area (Å²) in [6.07, 6.45) is 0. The number of benzene rings is 2. The van der Waals surface area contributed by atoms with E-state index >= 15 is 0 Å². The fourth-order valence-corrected chi connectivity index (χ4v) is 4.82. The number of halogens is 2. The third-order valence-corrected chi connectivity index (χ3v) is 6.85. The van der Waals surface area contributed by atoms with E-state index in [-0.39, 0.29) is 42.0 Å². The maximum absolute atomic E-state index is 13.1. The molecule has 10 heteroatoms. The summed E-state index contributed by atoms with van der Waals surface area (Å²) in [5, 5.41) is 0.243. The minimum Gasteiger partial charge on any atom is -0.493 e. The Morgan fingerprint density at radius 3 is 2.21 bits per heavy atom. The van der Waals surface area contributed by atoms with Gasteiger partial charge in [0.1, 0.15) is 5.82 Å². The molecule has 0 aliphatic carbocycles. The summed E-state index contributed by atoms with van der Waals surface area (Å²) in [6, 6.07) is 7.70. The summed E-state index contributed by atoms with van der Waals surface area (Å²) < 4.78 is 50.1. The molecular weight excluding hydrogens is 423 g/mol. The van der Waals surface area contributed by atoms with Crippen LogP contribution in [0.4, 0.5) is 4.39 Å². The minimum absolute atomic E-state index is 0.0188. The highest BCUT2D eigenvalue weighted by molar-refractivity contribution is 7.89. The summed E-state index contributed by atoms with van der Waals surface area (Å²) in [4.78, 5) is 14.4. The highest BCUT2D eigenvalue weighted by Crippen LogP contribution is 2.36. The number of carbonyl (C=O) groups excluding carboxylic acids is 1. The number of nitrogens with zero attached hydrogens (tertiary/aromatic N) is 2. The Morgan fingerprint density at radius 1 is 1.03 bits per heavy atom. The van der Waals surface area contributed by atoms with E-state index < -0.39 is 15.8 Å². The number of ether oxygens (including phenoxy) is 2. The van der Waals surface area contributed by atoms with Gasteiger partial charge in [-0.05, 0) is 36.4 Å². The number of piperazine rings is 1. The van der Waals surface area contributed by atoms with Gasteiger partial charge in [-0.2, -0.15) is 4.31 Å².